The maximum atomic E-state index is 12.3. The van der Waals surface area contributed by atoms with Gasteiger partial charge in [-0.3, -0.25) is 4.68 Å². The molecule has 1 aliphatic rings. The summed E-state index contributed by atoms with van der Waals surface area (Å²) in [5, 5.41) is 7.89. The number of amides is 2. The first-order chi connectivity index (χ1) is 10.0. The van der Waals surface area contributed by atoms with Gasteiger partial charge in [-0.1, -0.05) is 6.92 Å². The Morgan fingerprint density at radius 2 is 2.33 bits per heavy atom. The van der Waals surface area contributed by atoms with Crippen LogP contribution in [0.3, 0.4) is 0 Å². The van der Waals surface area contributed by atoms with Crippen molar-refractivity contribution in [2.45, 2.75) is 57.4 Å². The third-order valence-electron chi connectivity index (χ3n) is 4.01. The molecule has 1 saturated carbocycles. The minimum Gasteiger partial charge on any atom is -0.325 e. The van der Waals surface area contributed by atoms with Crippen molar-refractivity contribution in [1.29, 1.82) is 0 Å². The van der Waals surface area contributed by atoms with Gasteiger partial charge in [-0.15, -0.1) is 0 Å². The number of anilines is 1. The Balaban J connectivity index is 1.87. The summed E-state index contributed by atoms with van der Waals surface area (Å²) in [4.78, 5) is 14.2. The SMILES string of the molecule is CCS[C@H]1CC[C@@H](N(C)C(=O)Nc2cnn(C(C)C)c2)C1. The molecule has 0 spiro atoms. The van der Waals surface area contributed by atoms with Crippen molar-refractivity contribution < 1.29 is 4.79 Å². The summed E-state index contributed by atoms with van der Waals surface area (Å²) in [6.45, 7) is 6.32. The molecule has 0 unspecified atom stereocenters. The number of carbonyl (C=O) groups is 1. The molecule has 1 aliphatic carbocycles. The lowest BCUT2D eigenvalue weighted by Gasteiger charge is -2.24. The topological polar surface area (TPSA) is 50.2 Å². The van der Waals surface area contributed by atoms with E-state index in [1.807, 2.05) is 34.6 Å². The Morgan fingerprint density at radius 3 is 2.95 bits per heavy atom. The fraction of sp³-hybridized carbons (Fsp3) is 0.733. The number of nitrogens with zero attached hydrogens (tertiary/aromatic N) is 3. The van der Waals surface area contributed by atoms with E-state index in [-0.39, 0.29) is 6.03 Å². The van der Waals surface area contributed by atoms with Crippen LogP contribution in [0.25, 0.3) is 0 Å². The Labute approximate surface area is 131 Å². The van der Waals surface area contributed by atoms with Gasteiger partial charge in [0, 0.05) is 30.6 Å². The number of nitrogens with one attached hydrogen (secondary N) is 1. The molecular weight excluding hydrogens is 284 g/mol. The van der Waals surface area contributed by atoms with Gasteiger partial charge in [0.15, 0.2) is 0 Å². The van der Waals surface area contributed by atoms with Crippen LogP contribution in [0.4, 0.5) is 10.5 Å². The van der Waals surface area contributed by atoms with Crippen LogP contribution in [0.15, 0.2) is 12.4 Å². The highest BCUT2D eigenvalue weighted by Gasteiger charge is 2.29. The van der Waals surface area contributed by atoms with Gasteiger partial charge in [0.1, 0.15) is 0 Å². The van der Waals surface area contributed by atoms with Gasteiger partial charge >= 0.3 is 6.03 Å². The van der Waals surface area contributed by atoms with E-state index in [0.29, 0.717) is 17.3 Å². The molecule has 0 radical (unpaired) electrons. The first-order valence-corrected chi connectivity index (χ1v) is 8.75. The molecular formula is C15H26N4OS. The van der Waals surface area contributed by atoms with Crippen LogP contribution in [0.2, 0.25) is 0 Å². The van der Waals surface area contributed by atoms with Crippen molar-refractivity contribution in [2.75, 3.05) is 18.1 Å². The first kappa shape index (κ1) is 16.2. The van der Waals surface area contributed by atoms with Crippen molar-refractivity contribution in [3.05, 3.63) is 12.4 Å². The van der Waals surface area contributed by atoms with Gasteiger partial charge in [0.2, 0.25) is 0 Å². The molecule has 1 aromatic rings. The van der Waals surface area contributed by atoms with Gasteiger partial charge in [-0.05, 0) is 38.9 Å². The van der Waals surface area contributed by atoms with Gasteiger partial charge in [-0.2, -0.15) is 16.9 Å². The van der Waals surface area contributed by atoms with Crippen LogP contribution in [0.5, 0.6) is 0 Å². The second-order valence-electron chi connectivity index (χ2n) is 5.89. The molecule has 2 atom stereocenters. The summed E-state index contributed by atoms with van der Waals surface area (Å²) in [6, 6.07) is 0.620. The van der Waals surface area contributed by atoms with Crippen molar-refractivity contribution in [3.63, 3.8) is 0 Å². The number of urea groups is 1. The molecule has 1 fully saturated rings. The van der Waals surface area contributed by atoms with E-state index in [1.54, 1.807) is 6.20 Å². The molecule has 1 aromatic heterocycles. The average Bonchev–Trinajstić information content (AvgIpc) is 3.07. The van der Waals surface area contributed by atoms with E-state index in [0.717, 1.165) is 24.3 Å². The lowest BCUT2D eigenvalue weighted by molar-refractivity contribution is 0.205. The minimum atomic E-state index is -0.0366. The lowest BCUT2D eigenvalue weighted by Crippen LogP contribution is -2.38. The van der Waals surface area contributed by atoms with Crippen molar-refractivity contribution in [1.82, 2.24) is 14.7 Å². The minimum absolute atomic E-state index is 0.0366. The van der Waals surface area contributed by atoms with E-state index in [1.165, 1.54) is 6.42 Å². The molecule has 0 bridgehead atoms. The first-order valence-electron chi connectivity index (χ1n) is 7.70. The summed E-state index contributed by atoms with van der Waals surface area (Å²) < 4.78 is 1.85. The summed E-state index contributed by atoms with van der Waals surface area (Å²) in [7, 11) is 1.89. The van der Waals surface area contributed by atoms with Crippen LogP contribution in [-0.2, 0) is 0 Å². The Kier molecular flexibility index (Phi) is 5.56. The smallest absolute Gasteiger partial charge is 0.321 e. The van der Waals surface area contributed by atoms with Gasteiger partial charge in [0.05, 0.1) is 11.9 Å². The largest absolute Gasteiger partial charge is 0.325 e. The Morgan fingerprint density at radius 1 is 1.57 bits per heavy atom. The number of thioether (sulfide) groups is 1. The molecule has 2 amide bonds. The van der Waals surface area contributed by atoms with Crippen LogP contribution in [0.1, 0.15) is 46.1 Å². The molecule has 0 aromatic carbocycles. The van der Waals surface area contributed by atoms with Crippen LogP contribution in [-0.4, -0.2) is 44.8 Å². The van der Waals surface area contributed by atoms with E-state index in [2.05, 4.69) is 31.2 Å². The van der Waals surface area contributed by atoms with Crippen molar-refractivity contribution >= 4 is 23.5 Å². The molecule has 0 saturated heterocycles. The normalized spacial score (nSPS) is 21.8. The second kappa shape index (κ2) is 7.20. The molecule has 21 heavy (non-hydrogen) atoms. The maximum Gasteiger partial charge on any atom is 0.321 e. The molecule has 5 nitrogen and oxygen atoms in total. The third kappa shape index (κ3) is 4.15. The molecule has 1 N–H and O–H groups in total. The molecule has 6 heteroatoms. The van der Waals surface area contributed by atoms with Gasteiger partial charge in [0.25, 0.3) is 0 Å². The lowest BCUT2D eigenvalue weighted by atomic mass is 10.2. The average molecular weight is 310 g/mol. The molecule has 2 rings (SSSR count). The fourth-order valence-corrected chi connectivity index (χ4v) is 3.85. The van der Waals surface area contributed by atoms with E-state index in [9.17, 15) is 4.79 Å². The molecule has 0 aliphatic heterocycles. The van der Waals surface area contributed by atoms with Crippen LogP contribution < -0.4 is 5.32 Å². The van der Waals surface area contributed by atoms with Gasteiger partial charge < -0.3 is 10.2 Å². The Bertz CT molecular complexity index is 474. The van der Waals surface area contributed by atoms with Crippen LogP contribution in [0, 0.1) is 0 Å². The number of rotatable bonds is 5. The highest BCUT2D eigenvalue weighted by Crippen LogP contribution is 2.32. The predicted octanol–water partition coefficient (Wildman–Crippen LogP) is 3.60. The highest BCUT2D eigenvalue weighted by molar-refractivity contribution is 7.99. The zero-order valence-corrected chi connectivity index (χ0v) is 14.2. The van der Waals surface area contributed by atoms with Crippen molar-refractivity contribution in [3.8, 4) is 0 Å². The number of hydrogen-bond donors (Lipinski definition) is 1. The number of aromatic nitrogens is 2. The quantitative estimate of drug-likeness (QED) is 0.904. The predicted molar refractivity (Wildman–Crippen MR) is 89.0 cm³/mol. The summed E-state index contributed by atoms with van der Waals surface area (Å²) in [5.41, 5.74) is 0.762. The molecule has 118 valence electrons. The standard InChI is InChI=1S/C15H26N4OS/c1-5-21-14-7-6-13(8-14)18(4)15(20)17-12-9-16-19(10-12)11(2)3/h9-11,13-14H,5-8H2,1-4H3,(H,17,20)/t13-,14+/m1/s1. The summed E-state index contributed by atoms with van der Waals surface area (Å²) in [5.74, 6) is 1.15. The fourth-order valence-electron chi connectivity index (χ4n) is 2.72. The zero-order valence-electron chi connectivity index (χ0n) is 13.4. The Hall–Kier alpha value is -1.17. The summed E-state index contributed by atoms with van der Waals surface area (Å²) in [6.07, 6.45) is 7.00. The van der Waals surface area contributed by atoms with E-state index < -0.39 is 0 Å². The van der Waals surface area contributed by atoms with E-state index in [4.69, 9.17) is 0 Å². The monoisotopic (exact) mass is 310 g/mol. The molecule has 1 heterocycles. The maximum absolute atomic E-state index is 12.3. The third-order valence-corrected chi connectivity index (χ3v) is 5.24. The van der Waals surface area contributed by atoms with Crippen molar-refractivity contribution in [2.24, 2.45) is 0 Å². The summed E-state index contributed by atoms with van der Waals surface area (Å²) >= 11 is 2.01. The number of carbonyl (C=O) groups excluding carboxylic acids is 1. The highest BCUT2D eigenvalue weighted by atomic mass is 32.2. The second-order valence-corrected chi connectivity index (χ2v) is 7.47. The number of hydrogen-bond acceptors (Lipinski definition) is 3. The van der Waals surface area contributed by atoms with E-state index >= 15 is 0 Å². The van der Waals surface area contributed by atoms with Gasteiger partial charge in [-0.25, -0.2) is 4.79 Å². The zero-order chi connectivity index (χ0) is 15.4. The van der Waals surface area contributed by atoms with Crippen LogP contribution >= 0.6 is 11.8 Å².